The third-order valence-corrected chi connectivity index (χ3v) is 2.19. The molecule has 1 aromatic heterocycles. The van der Waals surface area contributed by atoms with Crippen molar-refractivity contribution in [3.63, 3.8) is 0 Å². The Hall–Kier alpha value is -1.04. The van der Waals surface area contributed by atoms with Crippen molar-refractivity contribution in [2.24, 2.45) is 7.05 Å². The Morgan fingerprint density at radius 1 is 1.60 bits per heavy atom. The SMILES string of the molecule is Cn1cc(Cl)cc1C(=O)NC(CO)CO. The van der Waals surface area contributed by atoms with Crippen LogP contribution in [0, 0.1) is 0 Å². The zero-order chi connectivity index (χ0) is 11.4. The van der Waals surface area contributed by atoms with Crippen LogP contribution >= 0.6 is 11.6 Å². The first-order valence-corrected chi connectivity index (χ1v) is 4.80. The Morgan fingerprint density at radius 2 is 2.20 bits per heavy atom. The van der Waals surface area contributed by atoms with E-state index in [-0.39, 0.29) is 19.1 Å². The van der Waals surface area contributed by atoms with Gasteiger partial charge in [-0.1, -0.05) is 11.6 Å². The molecule has 0 spiro atoms. The van der Waals surface area contributed by atoms with Crippen molar-refractivity contribution in [2.75, 3.05) is 13.2 Å². The second-order valence-corrected chi connectivity index (χ2v) is 3.63. The van der Waals surface area contributed by atoms with Crippen LogP contribution in [0.5, 0.6) is 0 Å². The average molecular weight is 233 g/mol. The molecule has 3 N–H and O–H groups in total. The Morgan fingerprint density at radius 3 is 2.60 bits per heavy atom. The average Bonchev–Trinajstić information content (AvgIpc) is 2.54. The number of aliphatic hydroxyl groups is 2. The maximum Gasteiger partial charge on any atom is 0.268 e. The van der Waals surface area contributed by atoms with Gasteiger partial charge in [0.2, 0.25) is 0 Å². The van der Waals surface area contributed by atoms with Crippen molar-refractivity contribution >= 4 is 17.5 Å². The minimum atomic E-state index is -0.647. The number of carbonyl (C=O) groups is 1. The van der Waals surface area contributed by atoms with Gasteiger partial charge in [0.25, 0.3) is 5.91 Å². The summed E-state index contributed by atoms with van der Waals surface area (Å²) in [5, 5.41) is 20.5. The van der Waals surface area contributed by atoms with Gasteiger partial charge in [-0.15, -0.1) is 0 Å². The predicted molar refractivity (Wildman–Crippen MR) is 55.8 cm³/mol. The van der Waals surface area contributed by atoms with E-state index in [2.05, 4.69) is 5.32 Å². The molecule has 0 bridgehead atoms. The van der Waals surface area contributed by atoms with Crippen molar-refractivity contribution in [3.05, 3.63) is 23.0 Å². The number of amides is 1. The van der Waals surface area contributed by atoms with Gasteiger partial charge in [-0.05, 0) is 6.07 Å². The molecule has 0 saturated heterocycles. The fourth-order valence-electron chi connectivity index (χ4n) is 1.16. The first-order chi connectivity index (χ1) is 7.08. The van der Waals surface area contributed by atoms with Crippen molar-refractivity contribution in [2.45, 2.75) is 6.04 Å². The lowest BCUT2D eigenvalue weighted by Crippen LogP contribution is -2.40. The van der Waals surface area contributed by atoms with Crippen molar-refractivity contribution in [3.8, 4) is 0 Å². The molecule has 6 heteroatoms. The van der Waals surface area contributed by atoms with Gasteiger partial charge in [0.1, 0.15) is 5.69 Å². The summed E-state index contributed by atoms with van der Waals surface area (Å²) < 4.78 is 1.57. The Kier molecular flexibility index (Phi) is 4.14. The highest BCUT2D eigenvalue weighted by Gasteiger charge is 2.15. The van der Waals surface area contributed by atoms with E-state index >= 15 is 0 Å². The summed E-state index contributed by atoms with van der Waals surface area (Å²) >= 11 is 5.71. The van der Waals surface area contributed by atoms with Crippen LogP contribution in [0.3, 0.4) is 0 Å². The summed E-state index contributed by atoms with van der Waals surface area (Å²) in [6.45, 7) is -0.610. The molecule has 1 aromatic rings. The van der Waals surface area contributed by atoms with Gasteiger partial charge < -0.3 is 20.1 Å². The number of hydrogen-bond acceptors (Lipinski definition) is 3. The van der Waals surface area contributed by atoms with E-state index in [9.17, 15) is 4.79 Å². The zero-order valence-corrected chi connectivity index (χ0v) is 9.03. The summed E-state index contributed by atoms with van der Waals surface area (Å²) in [6, 6.07) is 0.870. The van der Waals surface area contributed by atoms with Crippen LogP contribution in [0.2, 0.25) is 5.02 Å². The van der Waals surface area contributed by atoms with E-state index in [1.54, 1.807) is 17.8 Å². The lowest BCUT2D eigenvalue weighted by molar-refractivity contribution is 0.0871. The number of aromatic nitrogens is 1. The monoisotopic (exact) mass is 232 g/mol. The fraction of sp³-hybridized carbons (Fsp3) is 0.444. The quantitative estimate of drug-likeness (QED) is 0.671. The summed E-state index contributed by atoms with van der Waals surface area (Å²) in [6.07, 6.45) is 1.60. The van der Waals surface area contributed by atoms with Gasteiger partial charge in [-0.25, -0.2) is 0 Å². The first kappa shape index (κ1) is 12.0. The highest BCUT2D eigenvalue weighted by atomic mass is 35.5. The standard InChI is InChI=1S/C9H13ClN2O3/c1-12-3-6(10)2-8(12)9(15)11-7(4-13)5-14/h2-3,7,13-14H,4-5H2,1H3,(H,11,15). The smallest absolute Gasteiger partial charge is 0.268 e. The van der Waals surface area contributed by atoms with E-state index in [0.717, 1.165) is 0 Å². The van der Waals surface area contributed by atoms with Crippen molar-refractivity contribution < 1.29 is 15.0 Å². The Labute approximate surface area is 92.3 Å². The molecule has 0 unspecified atom stereocenters. The number of halogens is 1. The molecule has 15 heavy (non-hydrogen) atoms. The molecule has 0 radical (unpaired) electrons. The van der Waals surface area contributed by atoms with Crippen LogP contribution in [-0.2, 0) is 7.05 Å². The second kappa shape index (κ2) is 5.16. The van der Waals surface area contributed by atoms with E-state index in [0.29, 0.717) is 10.7 Å². The maximum atomic E-state index is 11.6. The highest BCUT2D eigenvalue weighted by Crippen LogP contribution is 2.12. The molecular formula is C9H13ClN2O3. The van der Waals surface area contributed by atoms with Crippen LogP contribution in [0.25, 0.3) is 0 Å². The molecule has 0 aromatic carbocycles. The molecule has 1 amide bonds. The summed E-state index contributed by atoms with van der Waals surface area (Å²) in [5.41, 5.74) is 0.381. The molecule has 0 fully saturated rings. The van der Waals surface area contributed by atoms with Crippen molar-refractivity contribution in [1.29, 1.82) is 0 Å². The van der Waals surface area contributed by atoms with Gasteiger partial charge >= 0.3 is 0 Å². The first-order valence-electron chi connectivity index (χ1n) is 4.43. The molecule has 84 valence electrons. The lowest BCUT2D eigenvalue weighted by atomic mass is 10.3. The number of carbonyl (C=O) groups excluding carboxylic acids is 1. The molecular weight excluding hydrogens is 220 g/mol. The largest absolute Gasteiger partial charge is 0.394 e. The lowest BCUT2D eigenvalue weighted by Gasteiger charge is -2.13. The third-order valence-electron chi connectivity index (χ3n) is 1.98. The van der Waals surface area contributed by atoms with Crippen LogP contribution in [0.1, 0.15) is 10.5 Å². The molecule has 0 aliphatic carbocycles. The van der Waals surface area contributed by atoms with Gasteiger partial charge in [0, 0.05) is 13.2 Å². The molecule has 1 rings (SSSR count). The van der Waals surface area contributed by atoms with Gasteiger partial charge in [-0.3, -0.25) is 4.79 Å². The third kappa shape index (κ3) is 2.95. The van der Waals surface area contributed by atoms with Crippen LogP contribution in [0.15, 0.2) is 12.3 Å². The Bertz CT molecular complexity index is 347. The summed E-state index contributed by atoms with van der Waals surface area (Å²) in [5.74, 6) is -0.377. The Balaban J connectivity index is 2.72. The minimum absolute atomic E-state index is 0.305. The number of nitrogens with one attached hydrogen (secondary N) is 1. The molecule has 0 aliphatic rings. The molecule has 5 nitrogen and oxygen atoms in total. The summed E-state index contributed by atoms with van der Waals surface area (Å²) in [7, 11) is 1.69. The zero-order valence-electron chi connectivity index (χ0n) is 8.27. The molecule has 0 atom stereocenters. The molecule has 0 aliphatic heterocycles. The van der Waals surface area contributed by atoms with Crippen LogP contribution in [0.4, 0.5) is 0 Å². The van der Waals surface area contributed by atoms with Crippen LogP contribution in [-0.4, -0.2) is 39.9 Å². The number of aryl methyl sites for hydroxylation is 1. The van der Waals surface area contributed by atoms with Gasteiger partial charge in [-0.2, -0.15) is 0 Å². The van der Waals surface area contributed by atoms with E-state index in [4.69, 9.17) is 21.8 Å². The van der Waals surface area contributed by atoms with Gasteiger partial charge in [0.05, 0.1) is 24.3 Å². The van der Waals surface area contributed by atoms with E-state index in [1.165, 1.54) is 6.07 Å². The second-order valence-electron chi connectivity index (χ2n) is 3.19. The number of aliphatic hydroxyl groups excluding tert-OH is 2. The number of nitrogens with zero attached hydrogens (tertiary/aromatic N) is 1. The van der Waals surface area contributed by atoms with Crippen molar-refractivity contribution in [1.82, 2.24) is 9.88 Å². The van der Waals surface area contributed by atoms with E-state index in [1.807, 2.05) is 0 Å². The maximum absolute atomic E-state index is 11.6. The molecule has 0 saturated carbocycles. The fourth-order valence-corrected chi connectivity index (χ4v) is 1.41. The normalized spacial score (nSPS) is 10.7. The minimum Gasteiger partial charge on any atom is -0.394 e. The van der Waals surface area contributed by atoms with Gasteiger partial charge in [0.15, 0.2) is 0 Å². The van der Waals surface area contributed by atoms with Crippen LogP contribution < -0.4 is 5.32 Å². The highest BCUT2D eigenvalue weighted by molar-refractivity contribution is 6.31. The summed E-state index contributed by atoms with van der Waals surface area (Å²) in [4.78, 5) is 11.6. The number of rotatable bonds is 4. The topological polar surface area (TPSA) is 74.5 Å². The predicted octanol–water partition coefficient (Wildman–Crippen LogP) is -0.238. The molecule has 1 heterocycles. The van der Waals surface area contributed by atoms with E-state index < -0.39 is 6.04 Å². The number of hydrogen-bond donors (Lipinski definition) is 3.